The molecule has 2 aromatic carbocycles. The minimum absolute atomic E-state index is 0. The molecule has 0 fully saturated rings. The molecule has 0 unspecified atom stereocenters. The smallest absolute Gasteiger partial charge is 0.257 e. The van der Waals surface area contributed by atoms with Crippen molar-refractivity contribution in [3.8, 4) is 11.5 Å². The summed E-state index contributed by atoms with van der Waals surface area (Å²) in [6, 6.07) is 9.45. The van der Waals surface area contributed by atoms with Gasteiger partial charge in [-0.3, -0.25) is 15.0 Å². The zero-order chi connectivity index (χ0) is 20.0. The summed E-state index contributed by atoms with van der Waals surface area (Å²) >= 11 is 0. The molecule has 0 saturated carbocycles. The lowest BCUT2D eigenvalue weighted by Gasteiger charge is -2.14. The molecular weight excluding hydrogens is 384 g/mol. The van der Waals surface area contributed by atoms with E-state index in [2.05, 4.69) is 10.6 Å². The number of benzene rings is 2. The number of phenols is 1. The number of rotatable bonds is 7. The van der Waals surface area contributed by atoms with Crippen molar-refractivity contribution in [1.29, 1.82) is 5.41 Å². The number of ether oxygens (including phenoxy) is 1. The Balaban J connectivity index is 0.00000392. The lowest BCUT2D eigenvalue weighted by molar-refractivity contribution is -0.122. The number of halogens is 1. The highest BCUT2D eigenvalue weighted by atomic mass is 35.5. The van der Waals surface area contributed by atoms with Crippen LogP contribution in [-0.4, -0.2) is 36.4 Å². The maximum atomic E-state index is 12.3. The number of aromatic hydroxyl groups is 1. The molecule has 0 aliphatic carbocycles. The van der Waals surface area contributed by atoms with Crippen LogP contribution < -0.4 is 21.1 Å². The molecule has 2 aromatic rings. The second kappa shape index (κ2) is 10.2. The van der Waals surface area contributed by atoms with Crippen molar-refractivity contribution < 1.29 is 19.4 Å². The fourth-order valence-electron chi connectivity index (χ4n) is 2.39. The van der Waals surface area contributed by atoms with Gasteiger partial charge < -0.3 is 26.2 Å². The Morgan fingerprint density at radius 2 is 1.89 bits per heavy atom. The fourth-order valence-corrected chi connectivity index (χ4v) is 2.39. The number of carbonyl (C=O) groups is 2. The van der Waals surface area contributed by atoms with Gasteiger partial charge in [0.15, 0.2) is 6.61 Å². The molecule has 0 heterocycles. The standard InChI is InChI=1S/C19H22N4O4.ClH/c1-11-5-14(7-15(24)6-11)19(26)23-9-13-4-3-12(18(20)21)8-16(13)27-10-17(25)22-2;/h3-8,24H,9-10H2,1-2H3,(H3,20,21)(H,22,25)(H,23,26);1H. The van der Waals surface area contributed by atoms with Crippen molar-refractivity contribution in [1.82, 2.24) is 10.6 Å². The summed E-state index contributed by atoms with van der Waals surface area (Å²) in [7, 11) is 1.50. The molecule has 0 spiro atoms. The number of nitrogen functional groups attached to an aromatic ring is 1. The number of likely N-dealkylation sites (N-methyl/N-ethyl adjacent to an activating group) is 1. The monoisotopic (exact) mass is 406 g/mol. The SMILES string of the molecule is CNC(=O)COc1cc(C(=N)N)ccc1CNC(=O)c1cc(C)cc(O)c1.Cl. The van der Waals surface area contributed by atoms with Crippen molar-refractivity contribution in [2.75, 3.05) is 13.7 Å². The van der Waals surface area contributed by atoms with E-state index in [1.54, 1.807) is 37.3 Å². The van der Waals surface area contributed by atoms with Crippen LogP contribution in [0.15, 0.2) is 36.4 Å². The fraction of sp³-hybridized carbons (Fsp3) is 0.211. The van der Waals surface area contributed by atoms with Crippen LogP contribution in [0.2, 0.25) is 0 Å². The van der Waals surface area contributed by atoms with E-state index in [0.29, 0.717) is 22.4 Å². The Kier molecular flexibility index (Phi) is 8.28. The zero-order valence-electron chi connectivity index (χ0n) is 15.5. The summed E-state index contributed by atoms with van der Waals surface area (Å²) < 4.78 is 5.50. The van der Waals surface area contributed by atoms with Gasteiger partial charge in [0, 0.05) is 30.3 Å². The molecule has 0 aliphatic heterocycles. The second-order valence-corrected chi connectivity index (χ2v) is 5.94. The van der Waals surface area contributed by atoms with Gasteiger partial charge in [-0.25, -0.2) is 0 Å². The van der Waals surface area contributed by atoms with E-state index in [1.807, 2.05) is 0 Å². The molecule has 2 rings (SSSR count). The molecule has 0 aromatic heterocycles. The maximum Gasteiger partial charge on any atom is 0.257 e. The molecule has 0 saturated heterocycles. The Hall–Kier alpha value is -3.26. The number of phenolic OH excluding ortho intramolecular Hbond substituents is 1. The van der Waals surface area contributed by atoms with Gasteiger partial charge in [-0.15, -0.1) is 12.4 Å². The minimum atomic E-state index is -0.359. The third-order valence-electron chi connectivity index (χ3n) is 3.78. The number of carbonyl (C=O) groups excluding carboxylic acids is 2. The lowest BCUT2D eigenvalue weighted by atomic mass is 10.1. The van der Waals surface area contributed by atoms with E-state index < -0.39 is 0 Å². The van der Waals surface area contributed by atoms with Gasteiger partial charge in [-0.05, 0) is 36.8 Å². The average Bonchev–Trinajstić information content (AvgIpc) is 2.63. The minimum Gasteiger partial charge on any atom is -0.508 e. The van der Waals surface area contributed by atoms with Crippen molar-refractivity contribution >= 4 is 30.1 Å². The van der Waals surface area contributed by atoms with Crippen LogP contribution in [-0.2, 0) is 11.3 Å². The summed E-state index contributed by atoms with van der Waals surface area (Å²) in [5.74, 6) is -0.444. The normalized spacial score (nSPS) is 9.79. The summed E-state index contributed by atoms with van der Waals surface area (Å²) in [5, 5.41) is 22.4. The Bertz CT molecular complexity index is 866. The Labute approximate surface area is 169 Å². The first-order valence-corrected chi connectivity index (χ1v) is 8.19. The Morgan fingerprint density at radius 1 is 1.18 bits per heavy atom. The molecule has 9 heteroatoms. The molecule has 0 bridgehead atoms. The van der Waals surface area contributed by atoms with E-state index in [-0.39, 0.29) is 49.0 Å². The zero-order valence-corrected chi connectivity index (χ0v) is 16.4. The first-order chi connectivity index (χ1) is 12.8. The third-order valence-corrected chi connectivity index (χ3v) is 3.78. The van der Waals surface area contributed by atoms with Gasteiger partial charge in [-0.2, -0.15) is 0 Å². The van der Waals surface area contributed by atoms with Crippen LogP contribution in [0.5, 0.6) is 11.5 Å². The van der Waals surface area contributed by atoms with Crippen molar-refractivity contribution in [2.24, 2.45) is 5.73 Å². The first kappa shape index (κ1) is 22.8. The number of amidine groups is 1. The number of hydrogen-bond acceptors (Lipinski definition) is 5. The molecule has 150 valence electrons. The van der Waals surface area contributed by atoms with Gasteiger partial charge in [0.2, 0.25) is 0 Å². The molecule has 6 N–H and O–H groups in total. The third kappa shape index (κ3) is 6.17. The van der Waals surface area contributed by atoms with Crippen molar-refractivity contribution in [3.05, 3.63) is 58.7 Å². The van der Waals surface area contributed by atoms with Crippen LogP contribution in [0.1, 0.15) is 27.0 Å². The van der Waals surface area contributed by atoms with Gasteiger partial charge >= 0.3 is 0 Å². The van der Waals surface area contributed by atoms with Crippen LogP contribution in [0, 0.1) is 12.3 Å². The van der Waals surface area contributed by atoms with E-state index >= 15 is 0 Å². The van der Waals surface area contributed by atoms with Crippen LogP contribution in [0.4, 0.5) is 0 Å². The molecule has 8 nitrogen and oxygen atoms in total. The van der Waals surface area contributed by atoms with Gasteiger partial charge in [0.05, 0.1) is 0 Å². The number of hydrogen-bond donors (Lipinski definition) is 5. The summed E-state index contributed by atoms with van der Waals surface area (Å²) in [6.45, 7) is 1.71. The summed E-state index contributed by atoms with van der Waals surface area (Å²) in [6.07, 6.45) is 0. The molecule has 0 aliphatic rings. The largest absolute Gasteiger partial charge is 0.508 e. The second-order valence-electron chi connectivity index (χ2n) is 5.94. The molecule has 28 heavy (non-hydrogen) atoms. The Morgan fingerprint density at radius 3 is 2.50 bits per heavy atom. The highest BCUT2D eigenvalue weighted by molar-refractivity contribution is 5.96. The van der Waals surface area contributed by atoms with Crippen molar-refractivity contribution in [3.63, 3.8) is 0 Å². The number of aryl methyl sites for hydroxylation is 1. The maximum absolute atomic E-state index is 12.3. The number of amides is 2. The van der Waals surface area contributed by atoms with Crippen LogP contribution in [0.25, 0.3) is 0 Å². The first-order valence-electron chi connectivity index (χ1n) is 8.19. The molecule has 2 amide bonds. The van der Waals surface area contributed by atoms with Crippen LogP contribution in [0.3, 0.4) is 0 Å². The van der Waals surface area contributed by atoms with E-state index in [1.165, 1.54) is 13.1 Å². The highest BCUT2D eigenvalue weighted by Crippen LogP contribution is 2.21. The van der Waals surface area contributed by atoms with E-state index in [4.69, 9.17) is 15.9 Å². The van der Waals surface area contributed by atoms with Crippen LogP contribution >= 0.6 is 12.4 Å². The quantitative estimate of drug-likeness (QED) is 0.350. The van der Waals surface area contributed by atoms with Crippen molar-refractivity contribution in [2.45, 2.75) is 13.5 Å². The van der Waals surface area contributed by atoms with Gasteiger partial charge in [-0.1, -0.05) is 12.1 Å². The van der Waals surface area contributed by atoms with Gasteiger partial charge in [0.25, 0.3) is 11.8 Å². The highest BCUT2D eigenvalue weighted by Gasteiger charge is 2.12. The molecular formula is C19H23ClN4O4. The topological polar surface area (TPSA) is 138 Å². The van der Waals surface area contributed by atoms with Gasteiger partial charge in [0.1, 0.15) is 17.3 Å². The predicted octanol–water partition coefficient (Wildman–Crippen LogP) is 1.46. The molecule has 0 atom stereocenters. The average molecular weight is 407 g/mol. The lowest BCUT2D eigenvalue weighted by Crippen LogP contribution is -2.26. The number of nitrogens with two attached hydrogens (primary N) is 1. The van der Waals surface area contributed by atoms with E-state index in [0.717, 1.165) is 5.56 Å². The molecule has 0 radical (unpaired) electrons. The number of nitrogens with one attached hydrogen (secondary N) is 3. The predicted molar refractivity (Wildman–Crippen MR) is 108 cm³/mol. The summed E-state index contributed by atoms with van der Waals surface area (Å²) in [5.41, 5.74) is 7.66. The summed E-state index contributed by atoms with van der Waals surface area (Å²) in [4.78, 5) is 23.8. The van der Waals surface area contributed by atoms with E-state index in [9.17, 15) is 14.7 Å².